The normalized spacial score (nSPS) is 15.7. The zero-order valence-electron chi connectivity index (χ0n) is 17.2. The van der Waals surface area contributed by atoms with Crippen molar-refractivity contribution >= 4 is 40.2 Å². The van der Waals surface area contributed by atoms with Gasteiger partial charge in [-0.1, -0.05) is 41.9 Å². The van der Waals surface area contributed by atoms with Gasteiger partial charge in [-0.3, -0.25) is 10.1 Å². The van der Waals surface area contributed by atoms with Crippen LogP contribution in [0.25, 0.3) is 10.9 Å². The molecule has 0 bridgehead atoms. The minimum Gasteiger partial charge on any atom is -0.294 e. The number of fused-ring (bicyclic) bond motifs is 2. The number of anilines is 2. The second-order valence-corrected chi connectivity index (χ2v) is 8.25. The zero-order valence-corrected chi connectivity index (χ0v) is 17.9. The lowest BCUT2D eigenvalue weighted by Crippen LogP contribution is -2.23. The van der Waals surface area contributed by atoms with Crippen LogP contribution in [0.3, 0.4) is 0 Å². The number of nitrogens with zero attached hydrogens (tertiary/aromatic N) is 4. The van der Waals surface area contributed by atoms with Gasteiger partial charge in [-0.2, -0.15) is 0 Å². The van der Waals surface area contributed by atoms with Crippen molar-refractivity contribution in [2.45, 2.75) is 32.6 Å². The molecule has 6 nitrogen and oxygen atoms in total. The summed E-state index contributed by atoms with van der Waals surface area (Å²) in [7, 11) is 0. The third kappa shape index (κ3) is 3.75. The average molecular weight is 430 g/mol. The number of rotatable bonds is 3. The molecule has 0 saturated carbocycles. The number of para-hydroxylation sites is 1. The van der Waals surface area contributed by atoms with E-state index in [1.807, 2.05) is 62.4 Å². The number of carbonyl (C=O) groups excluding carboxylic acids is 1. The van der Waals surface area contributed by atoms with Crippen LogP contribution in [-0.4, -0.2) is 25.7 Å². The maximum Gasteiger partial charge on any atom is 0.230 e. The highest BCUT2D eigenvalue weighted by Gasteiger charge is 2.30. The molecule has 4 aromatic rings. The van der Waals surface area contributed by atoms with Crippen molar-refractivity contribution in [3.8, 4) is 0 Å². The van der Waals surface area contributed by atoms with Crippen molar-refractivity contribution in [3.05, 3.63) is 81.8 Å². The van der Waals surface area contributed by atoms with Gasteiger partial charge >= 0.3 is 0 Å². The Labute approximate surface area is 184 Å². The van der Waals surface area contributed by atoms with Crippen molar-refractivity contribution in [1.29, 1.82) is 0 Å². The lowest BCUT2D eigenvalue weighted by Gasteiger charge is -2.24. The molecule has 0 spiro atoms. The number of ketones is 1. The molecule has 31 heavy (non-hydrogen) atoms. The number of aryl methyl sites for hydroxylation is 2. The van der Waals surface area contributed by atoms with E-state index in [0.717, 1.165) is 27.9 Å². The van der Waals surface area contributed by atoms with Crippen LogP contribution in [0.5, 0.6) is 0 Å². The average Bonchev–Trinajstić information content (AvgIpc) is 2.73. The van der Waals surface area contributed by atoms with Gasteiger partial charge in [0.1, 0.15) is 0 Å². The van der Waals surface area contributed by atoms with E-state index in [1.54, 1.807) is 0 Å². The molecular weight excluding hydrogens is 410 g/mol. The Morgan fingerprint density at radius 1 is 0.871 bits per heavy atom. The van der Waals surface area contributed by atoms with E-state index >= 15 is 0 Å². The van der Waals surface area contributed by atoms with Crippen molar-refractivity contribution in [3.63, 3.8) is 0 Å². The first-order chi connectivity index (χ1) is 15.0. The van der Waals surface area contributed by atoms with Crippen LogP contribution in [0.15, 0.2) is 48.5 Å². The Hall–Kier alpha value is -3.38. The van der Waals surface area contributed by atoms with E-state index < -0.39 is 0 Å². The molecule has 1 aliphatic rings. The fourth-order valence-electron chi connectivity index (χ4n) is 4.19. The van der Waals surface area contributed by atoms with Crippen molar-refractivity contribution in [2.75, 3.05) is 5.32 Å². The SMILES string of the molecule is Cc1nc(Nc2nc(C)c3ccccc3n2)nc2c1C(=O)C[C@@H](c1ccc(Cl)cc1)C2. The molecule has 2 aromatic heterocycles. The minimum atomic E-state index is 0.0681. The molecule has 1 aliphatic carbocycles. The van der Waals surface area contributed by atoms with Gasteiger partial charge in [0, 0.05) is 16.8 Å². The molecule has 0 fully saturated rings. The van der Waals surface area contributed by atoms with Gasteiger partial charge in [-0.05, 0) is 49.9 Å². The first kappa shape index (κ1) is 19.6. The van der Waals surface area contributed by atoms with Gasteiger partial charge in [0.25, 0.3) is 0 Å². The number of benzene rings is 2. The van der Waals surface area contributed by atoms with Crippen LogP contribution in [-0.2, 0) is 6.42 Å². The Morgan fingerprint density at radius 3 is 2.39 bits per heavy atom. The van der Waals surface area contributed by atoms with E-state index in [1.165, 1.54) is 0 Å². The van der Waals surface area contributed by atoms with Crippen LogP contribution in [0.2, 0.25) is 5.02 Å². The monoisotopic (exact) mass is 429 g/mol. The molecule has 0 unspecified atom stereocenters. The maximum atomic E-state index is 12.9. The Kier molecular flexibility index (Phi) is 4.87. The molecule has 7 heteroatoms. The number of nitrogens with one attached hydrogen (secondary N) is 1. The topological polar surface area (TPSA) is 80.7 Å². The van der Waals surface area contributed by atoms with E-state index in [9.17, 15) is 4.79 Å². The summed E-state index contributed by atoms with van der Waals surface area (Å²) in [6.07, 6.45) is 1.11. The summed E-state index contributed by atoms with van der Waals surface area (Å²) >= 11 is 6.02. The van der Waals surface area contributed by atoms with Crippen molar-refractivity contribution in [2.24, 2.45) is 0 Å². The standard InChI is InChI=1S/C24H20ClN5O/c1-13-18-5-3-4-6-19(18)28-23(26-13)30-24-27-14(2)22-20(29-24)11-16(12-21(22)31)15-7-9-17(25)10-8-15/h3-10,16H,11-12H2,1-2H3,(H,26,27,28,29,30)/t16-/m0/s1. The lowest BCUT2D eigenvalue weighted by molar-refractivity contribution is 0.0962. The van der Waals surface area contributed by atoms with Crippen molar-refractivity contribution < 1.29 is 4.79 Å². The van der Waals surface area contributed by atoms with Gasteiger partial charge in [0.15, 0.2) is 5.78 Å². The molecular formula is C24H20ClN5O. The molecule has 0 radical (unpaired) electrons. The molecule has 0 amide bonds. The molecule has 0 aliphatic heterocycles. The fourth-order valence-corrected chi connectivity index (χ4v) is 4.32. The summed E-state index contributed by atoms with van der Waals surface area (Å²) in [6.45, 7) is 3.79. The highest BCUT2D eigenvalue weighted by Crippen LogP contribution is 2.34. The number of aromatic nitrogens is 4. The number of carbonyl (C=O) groups is 1. The Bertz CT molecular complexity index is 1320. The van der Waals surface area contributed by atoms with Crippen LogP contribution in [0, 0.1) is 13.8 Å². The number of Topliss-reactive ketones (excluding diaryl/α,β-unsaturated/α-hetero) is 1. The van der Waals surface area contributed by atoms with Gasteiger partial charge in [-0.15, -0.1) is 0 Å². The lowest BCUT2D eigenvalue weighted by atomic mass is 9.81. The molecule has 2 aromatic carbocycles. The first-order valence-electron chi connectivity index (χ1n) is 10.1. The second-order valence-electron chi connectivity index (χ2n) is 7.81. The van der Waals surface area contributed by atoms with Crippen LogP contribution in [0.4, 0.5) is 11.9 Å². The van der Waals surface area contributed by atoms with E-state index in [2.05, 4.69) is 25.3 Å². The van der Waals surface area contributed by atoms with Crippen LogP contribution >= 0.6 is 11.6 Å². The predicted molar refractivity (Wildman–Crippen MR) is 121 cm³/mol. The summed E-state index contributed by atoms with van der Waals surface area (Å²) < 4.78 is 0. The van der Waals surface area contributed by atoms with Gasteiger partial charge in [-0.25, -0.2) is 19.9 Å². The highest BCUT2D eigenvalue weighted by molar-refractivity contribution is 6.30. The minimum absolute atomic E-state index is 0.0681. The van der Waals surface area contributed by atoms with Gasteiger partial charge < -0.3 is 0 Å². The number of hydrogen-bond donors (Lipinski definition) is 1. The molecule has 0 saturated heterocycles. The molecule has 1 atom stereocenters. The van der Waals surface area contributed by atoms with Crippen molar-refractivity contribution in [1.82, 2.24) is 19.9 Å². The van der Waals surface area contributed by atoms with E-state index in [0.29, 0.717) is 41.0 Å². The first-order valence-corrected chi connectivity index (χ1v) is 10.5. The molecule has 1 N–H and O–H groups in total. The second kappa shape index (κ2) is 7.71. The van der Waals surface area contributed by atoms with Gasteiger partial charge in [0.2, 0.25) is 11.9 Å². The third-order valence-electron chi connectivity index (χ3n) is 5.67. The summed E-state index contributed by atoms with van der Waals surface area (Å²) in [5.74, 6) is 0.976. The Morgan fingerprint density at radius 2 is 1.58 bits per heavy atom. The highest BCUT2D eigenvalue weighted by atomic mass is 35.5. The maximum absolute atomic E-state index is 12.9. The smallest absolute Gasteiger partial charge is 0.230 e. The summed E-state index contributed by atoms with van der Waals surface area (Å²) in [4.78, 5) is 31.2. The zero-order chi connectivity index (χ0) is 21.5. The summed E-state index contributed by atoms with van der Waals surface area (Å²) in [5.41, 5.74) is 4.87. The van der Waals surface area contributed by atoms with Gasteiger partial charge in [0.05, 0.1) is 28.2 Å². The molecule has 5 rings (SSSR count). The fraction of sp³-hybridized carbons (Fsp3) is 0.208. The molecule has 154 valence electrons. The predicted octanol–water partition coefficient (Wildman–Crippen LogP) is 5.35. The quantitative estimate of drug-likeness (QED) is 0.473. The molecule has 2 heterocycles. The Balaban J connectivity index is 1.49. The summed E-state index contributed by atoms with van der Waals surface area (Å²) in [5, 5.41) is 4.82. The largest absolute Gasteiger partial charge is 0.294 e. The van der Waals surface area contributed by atoms with E-state index in [4.69, 9.17) is 11.6 Å². The number of halogens is 1. The van der Waals surface area contributed by atoms with Crippen LogP contribution < -0.4 is 5.32 Å². The third-order valence-corrected chi connectivity index (χ3v) is 5.93. The van der Waals surface area contributed by atoms with Crippen LogP contribution in [0.1, 0.15) is 45.3 Å². The van der Waals surface area contributed by atoms with E-state index in [-0.39, 0.29) is 11.7 Å². The number of hydrogen-bond acceptors (Lipinski definition) is 6. The summed E-state index contributed by atoms with van der Waals surface area (Å²) in [6, 6.07) is 15.5.